The molecule has 3 N–H and O–H groups in total. The molecule has 39 heavy (non-hydrogen) atoms. The van der Waals surface area contributed by atoms with E-state index in [2.05, 4.69) is 10.6 Å². The van der Waals surface area contributed by atoms with Crippen LogP contribution in [0.5, 0.6) is 5.75 Å². The first-order chi connectivity index (χ1) is 18.6. The summed E-state index contributed by atoms with van der Waals surface area (Å²) in [4.78, 5) is 63.6. The molecule has 1 fully saturated rings. The van der Waals surface area contributed by atoms with Crippen LogP contribution < -0.4 is 15.4 Å². The predicted molar refractivity (Wildman–Crippen MR) is 143 cm³/mol. The van der Waals surface area contributed by atoms with Gasteiger partial charge in [-0.3, -0.25) is 24.1 Å². The van der Waals surface area contributed by atoms with Crippen molar-refractivity contribution in [1.29, 1.82) is 0 Å². The van der Waals surface area contributed by atoms with Crippen molar-refractivity contribution in [1.82, 2.24) is 15.5 Å². The zero-order valence-corrected chi connectivity index (χ0v) is 23.3. The van der Waals surface area contributed by atoms with Gasteiger partial charge in [0.2, 0.25) is 5.91 Å². The fourth-order valence-electron chi connectivity index (χ4n) is 3.90. The number of hydrogen-bond acceptors (Lipinski definition) is 9. The van der Waals surface area contributed by atoms with Gasteiger partial charge in [0.1, 0.15) is 29.8 Å². The molecule has 0 spiro atoms. The first-order valence-corrected chi connectivity index (χ1v) is 14.0. The third kappa shape index (κ3) is 6.32. The zero-order valence-electron chi connectivity index (χ0n) is 20.1. The standard InChI is InChI=1S/C24H21Cl2N3O8S2/c1-11(30)36-8-12-10-39-23-18(22(33)29(23)19(12)24(34)35)28-21(32)17(15-6-3-7-38-15)27-16(31)9-37-20-13(25)4-2-5-14(20)26/h2-7,17-18,23H,8-10H2,1H3,(H,27,31)(H,28,32)(H,34,35)/t17?,18-,23-/m1/s1. The van der Waals surface area contributed by atoms with E-state index < -0.39 is 53.7 Å². The number of carbonyl (C=O) groups excluding carboxylic acids is 4. The second-order valence-corrected chi connectivity index (χ2v) is 11.2. The van der Waals surface area contributed by atoms with Gasteiger partial charge in [-0.25, -0.2) is 4.79 Å². The lowest BCUT2D eigenvalue weighted by Gasteiger charge is -2.49. The first kappa shape index (κ1) is 28.7. The monoisotopic (exact) mass is 613 g/mol. The maximum Gasteiger partial charge on any atom is 0.352 e. The van der Waals surface area contributed by atoms with E-state index in [1.807, 2.05) is 0 Å². The number of thiophene rings is 1. The van der Waals surface area contributed by atoms with Gasteiger partial charge in [0.05, 0.1) is 10.0 Å². The normalized spacial score (nSPS) is 18.9. The fraction of sp³-hybridized carbons (Fsp3) is 0.292. The lowest BCUT2D eigenvalue weighted by Crippen LogP contribution is -2.71. The number of halogens is 2. The van der Waals surface area contributed by atoms with Gasteiger partial charge in [-0.15, -0.1) is 23.1 Å². The minimum absolute atomic E-state index is 0.123. The molecule has 15 heteroatoms. The van der Waals surface area contributed by atoms with Crippen LogP contribution in [0, 0.1) is 0 Å². The van der Waals surface area contributed by atoms with E-state index >= 15 is 0 Å². The summed E-state index contributed by atoms with van der Waals surface area (Å²) in [6, 6.07) is 5.91. The number of nitrogens with one attached hydrogen (secondary N) is 2. The number of aliphatic carboxylic acids is 1. The molecule has 1 saturated heterocycles. The Morgan fingerprint density at radius 2 is 1.90 bits per heavy atom. The van der Waals surface area contributed by atoms with Crippen molar-refractivity contribution in [2.45, 2.75) is 24.4 Å². The quantitative estimate of drug-likeness (QED) is 0.271. The summed E-state index contributed by atoms with van der Waals surface area (Å²) in [6.45, 7) is 0.456. The highest BCUT2D eigenvalue weighted by molar-refractivity contribution is 8.00. The number of carboxylic acid groups (broad SMARTS) is 1. The number of benzene rings is 1. The number of esters is 1. The van der Waals surface area contributed by atoms with Crippen LogP contribution in [0.3, 0.4) is 0 Å². The molecule has 1 unspecified atom stereocenters. The number of carboxylic acids is 1. The summed E-state index contributed by atoms with van der Waals surface area (Å²) in [6.07, 6.45) is 0. The second-order valence-electron chi connectivity index (χ2n) is 8.29. The summed E-state index contributed by atoms with van der Waals surface area (Å²) in [5, 5.41) is 16.4. The summed E-state index contributed by atoms with van der Waals surface area (Å²) in [7, 11) is 0. The topological polar surface area (TPSA) is 151 Å². The van der Waals surface area contributed by atoms with Crippen LogP contribution in [0.1, 0.15) is 17.8 Å². The molecule has 3 amide bonds. The molecule has 1 aromatic heterocycles. The smallest absolute Gasteiger partial charge is 0.352 e. The number of thioether (sulfide) groups is 1. The molecule has 3 heterocycles. The summed E-state index contributed by atoms with van der Waals surface area (Å²) >= 11 is 14.6. The molecule has 0 saturated carbocycles. The minimum Gasteiger partial charge on any atom is -0.481 e. The number of hydrogen-bond donors (Lipinski definition) is 3. The highest BCUT2D eigenvalue weighted by Gasteiger charge is 2.54. The van der Waals surface area contributed by atoms with Crippen molar-refractivity contribution in [2.75, 3.05) is 19.0 Å². The number of amides is 3. The molecule has 2 aromatic rings. The number of nitrogens with zero attached hydrogens (tertiary/aromatic N) is 1. The largest absolute Gasteiger partial charge is 0.481 e. The van der Waals surface area contributed by atoms with E-state index in [1.54, 1.807) is 35.7 Å². The van der Waals surface area contributed by atoms with Crippen molar-refractivity contribution < 1.29 is 38.6 Å². The highest BCUT2D eigenvalue weighted by Crippen LogP contribution is 2.40. The SMILES string of the molecule is CC(=O)OCC1=C(C(=O)O)N2C(=O)[C@@H](NC(=O)C(NC(=O)COc3c(Cl)cccc3Cl)c3cccs3)[C@H]2SC1. The van der Waals surface area contributed by atoms with E-state index in [0.29, 0.717) is 4.88 Å². The van der Waals surface area contributed by atoms with Gasteiger partial charge in [0, 0.05) is 23.1 Å². The van der Waals surface area contributed by atoms with Gasteiger partial charge in [0.25, 0.3) is 11.8 Å². The fourth-order valence-corrected chi connectivity index (χ4v) is 6.51. The van der Waals surface area contributed by atoms with E-state index in [0.717, 1.165) is 4.90 Å². The van der Waals surface area contributed by atoms with Crippen LogP contribution in [-0.4, -0.2) is 70.0 Å². The van der Waals surface area contributed by atoms with E-state index in [4.69, 9.17) is 32.7 Å². The van der Waals surface area contributed by atoms with Crippen molar-refractivity contribution >= 4 is 76.0 Å². The summed E-state index contributed by atoms with van der Waals surface area (Å²) in [5.74, 6) is -3.55. The lowest BCUT2D eigenvalue weighted by molar-refractivity contribution is -0.151. The van der Waals surface area contributed by atoms with Crippen LogP contribution in [0.25, 0.3) is 0 Å². The highest BCUT2D eigenvalue weighted by atomic mass is 35.5. The Hall–Kier alpha value is -3.26. The van der Waals surface area contributed by atoms with Crippen molar-refractivity contribution in [3.05, 3.63) is 61.9 Å². The van der Waals surface area contributed by atoms with E-state index in [9.17, 15) is 29.1 Å². The van der Waals surface area contributed by atoms with Crippen LogP contribution in [0.2, 0.25) is 10.0 Å². The summed E-state index contributed by atoms with van der Waals surface area (Å²) in [5.41, 5.74) is 0.00779. The Kier molecular flexibility index (Phi) is 9.05. The summed E-state index contributed by atoms with van der Waals surface area (Å²) < 4.78 is 10.4. The first-order valence-electron chi connectivity index (χ1n) is 11.3. The number of para-hydroxylation sites is 1. The Labute approximate surface area is 240 Å². The number of rotatable bonds is 10. The van der Waals surface area contributed by atoms with Crippen molar-refractivity contribution in [3.63, 3.8) is 0 Å². The number of carbonyl (C=O) groups is 5. The molecule has 11 nitrogen and oxygen atoms in total. The van der Waals surface area contributed by atoms with Crippen LogP contribution in [0.4, 0.5) is 0 Å². The van der Waals surface area contributed by atoms with Crippen LogP contribution in [0.15, 0.2) is 47.0 Å². The van der Waals surface area contributed by atoms with Gasteiger partial charge >= 0.3 is 11.9 Å². The second kappa shape index (κ2) is 12.3. The molecule has 0 aliphatic carbocycles. The average molecular weight is 614 g/mol. The maximum absolute atomic E-state index is 13.3. The number of ether oxygens (including phenoxy) is 2. The minimum atomic E-state index is -1.34. The number of β-lactam (4-membered cyclic amide) rings is 1. The molecule has 1 aromatic carbocycles. The molecule has 2 aliphatic heterocycles. The molecule has 206 valence electrons. The van der Waals surface area contributed by atoms with Crippen molar-refractivity contribution in [3.8, 4) is 5.75 Å². The Morgan fingerprint density at radius 1 is 1.18 bits per heavy atom. The maximum atomic E-state index is 13.3. The predicted octanol–water partition coefficient (Wildman–Crippen LogP) is 2.59. The number of fused-ring (bicyclic) bond motifs is 1. The van der Waals surface area contributed by atoms with E-state index in [1.165, 1.54) is 30.0 Å². The third-order valence-corrected chi connectivity index (χ3v) is 8.53. The van der Waals surface area contributed by atoms with Gasteiger partial charge in [-0.2, -0.15) is 0 Å². The Balaban J connectivity index is 1.44. The van der Waals surface area contributed by atoms with Gasteiger partial charge in [-0.1, -0.05) is 35.3 Å². The molecule has 4 rings (SSSR count). The van der Waals surface area contributed by atoms with Crippen molar-refractivity contribution in [2.24, 2.45) is 0 Å². The molecule has 0 radical (unpaired) electrons. The molecule has 2 aliphatic rings. The molecular weight excluding hydrogens is 593 g/mol. The molecular formula is C24H21Cl2N3O8S2. The van der Waals surface area contributed by atoms with Crippen LogP contribution in [-0.2, 0) is 28.7 Å². The third-order valence-electron chi connectivity index (χ3n) is 5.66. The zero-order chi connectivity index (χ0) is 28.3. The average Bonchev–Trinajstić information content (AvgIpc) is 3.42. The molecule has 3 atom stereocenters. The molecule has 0 bridgehead atoms. The van der Waals surface area contributed by atoms with Gasteiger partial charge in [0.15, 0.2) is 12.4 Å². The Morgan fingerprint density at radius 3 is 2.51 bits per heavy atom. The van der Waals surface area contributed by atoms with E-state index in [-0.39, 0.29) is 39.4 Å². The van der Waals surface area contributed by atoms with Crippen LogP contribution >= 0.6 is 46.3 Å². The lowest BCUT2D eigenvalue weighted by atomic mass is 10.0. The van der Waals surface area contributed by atoms with Gasteiger partial charge in [-0.05, 0) is 23.6 Å². The van der Waals surface area contributed by atoms with Gasteiger partial charge < -0.3 is 25.2 Å². The Bertz CT molecular complexity index is 1330.